The molecule has 1 aromatic rings. The molecule has 0 saturated heterocycles. The molecule has 1 heterocycles. The zero-order chi connectivity index (χ0) is 11.5. The van der Waals surface area contributed by atoms with Gasteiger partial charge in [-0.05, 0) is 12.8 Å². The molecule has 4 nitrogen and oxygen atoms in total. The molecule has 0 amide bonds. The predicted octanol–water partition coefficient (Wildman–Crippen LogP) is 1.97. The van der Waals surface area contributed by atoms with Crippen molar-refractivity contribution in [3.63, 3.8) is 0 Å². The molecule has 0 bridgehead atoms. The Morgan fingerprint density at radius 2 is 2.06 bits per heavy atom. The number of aromatic nitrogens is 2. The van der Waals surface area contributed by atoms with Gasteiger partial charge < -0.3 is 10.6 Å². The maximum atomic E-state index is 13.6. The molecule has 1 aliphatic rings. The largest absolute Gasteiger partial charge is 0.368 e. The molecule has 0 spiro atoms. The number of nitrogen functional groups attached to an aromatic ring is 1. The fourth-order valence-corrected chi connectivity index (χ4v) is 2.26. The zero-order valence-corrected chi connectivity index (χ0v) is 9.49. The van der Waals surface area contributed by atoms with Crippen LogP contribution in [0.25, 0.3) is 0 Å². The minimum Gasteiger partial charge on any atom is -0.368 e. The Labute approximate surface area is 94.7 Å². The van der Waals surface area contributed by atoms with Gasteiger partial charge in [-0.3, -0.25) is 0 Å². The third kappa shape index (κ3) is 2.23. The second-order valence-electron chi connectivity index (χ2n) is 4.30. The van der Waals surface area contributed by atoms with E-state index in [4.69, 9.17) is 5.73 Å². The van der Waals surface area contributed by atoms with Crippen LogP contribution >= 0.6 is 0 Å². The van der Waals surface area contributed by atoms with Gasteiger partial charge in [0.1, 0.15) is 0 Å². The highest BCUT2D eigenvalue weighted by Gasteiger charge is 2.21. The Balaban J connectivity index is 2.18. The fraction of sp³-hybridized carbons (Fsp3) is 0.636. The van der Waals surface area contributed by atoms with Crippen molar-refractivity contribution in [2.24, 2.45) is 0 Å². The summed E-state index contributed by atoms with van der Waals surface area (Å²) >= 11 is 0. The molecule has 0 aliphatic heterocycles. The van der Waals surface area contributed by atoms with Crippen LogP contribution in [0.3, 0.4) is 0 Å². The van der Waals surface area contributed by atoms with Crippen LogP contribution < -0.4 is 10.6 Å². The second-order valence-corrected chi connectivity index (χ2v) is 4.30. The van der Waals surface area contributed by atoms with Gasteiger partial charge in [-0.1, -0.05) is 19.3 Å². The van der Waals surface area contributed by atoms with Crippen LogP contribution in [-0.4, -0.2) is 23.1 Å². The van der Waals surface area contributed by atoms with Gasteiger partial charge >= 0.3 is 0 Å². The standard InChI is InChI=1S/C11H17FN4/c1-16(8-5-3-2-4-6-8)10-9(12)7-14-11(13)15-10/h7-8H,2-6H2,1H3,(H2,13,14,15). The van der Waals surface area contributed by atoms with Crippen LogP contribution in [0, 0.1) is 5.82 Å². The van der Waals surface area contributed by atoms with Gasteiger partial charge in [0.2, 0.25) is 5.95 Å². The van der Waals surface area contributed by atoms with Crippen molar-refractivity contribution in [1.82, 2.24) is 9.97 Å². The summed E-state index contributed by atoms with van der Waals surface area (Å²) < 4.78 is 13.6. The first-order chi connectivity index (χ1) is 7.68. The van der Waals surface area contributed by atoms with Gasteiger partial charge in [0.05, 0.1) is 6.20 Å². The van der Waals surface area contributed by atoms with Gasteiger partial charge in [0, 0.05) is 13.1 Å². The van der Waals surface area contributed by atoms with Crippen molar-refractivity contribution in [3.05, 3.63) is 12.0 Å². The summed E-state index contributed by atoms with van der Waals surface area (Å²) in [5.41, 5.74) is 5.48. The Kier molecular flexibility index (Phi) is 3.22. The quantitative estimate of drug-likeness (QED) is 0.834. The second kappa shape index (κ2) is 4.63. The molecule has 1 fully saturated rings. The van der Waals surface area contributed by atoms with E-state index in [1.807, 2.05) is 11.9 Å². The van der Waals surface area contributed by atoms with E-state index in [9.17, 15) is 4.39 Å². The van der Waals surface area contributed by atoms with E-state index in [1.165, 1.54) is 19.3 Å². The molecular weight excluding hydrogens is 207 g/mol. The summed E-state index contributed by atoms with van der Waals surface area (Å²) in [6, 6.07) is 0.373. The van der Waals surface area contributed by atoms with Crippen molar-refractivity contribution in [2.75, 3.05) is 17.7 Å². The molecule has 1 aliphatic carbocycles. The van der Waals surface area contributed by atoms with Crippen molar-refractivity contribution in [3.8, 4) is 0 Å². The van der Waals surface area contributed by atoms with Gasteiger partial charge in [-0.25, -0.2) is 9.37 Å². The van der Waals surface area contributed by atoms with Gasteiger partial charge in [0.15, 0.2) is 11.6 Å². The molecule has 2 rings (SSSR count). The van der Waals surface area contributed by atoms with Crippen LogP contribution in [0.5, 0.6) is 0 Å². The first-order valence-corrected chi connectivity index (χ1v) is 5.69. The number of rotatable bonds is 2. The molecule has 5 heteroatoms. The highest BCUT2D eigenvalue weighted by atomic mass is 19.1. The number of halogens is 1. The summed E-state index contributed by atoms with van der Waals surface area (Å²) in [7, 11) is 1.88. The number of anilines is 2. The Hall–Kier alpha value is -1.39. The zero-order valence-electron chi connectivity index (χ0n) is 9.49. The van der Waals surface area contributed by atoms with E-state index in [2.05, 4.69) is 9.97 Å². The van der Waals surface area contributed by atoms with Crippen LogP contribution in [-0.2, 0) is 0 Å². The lowest BCUT2D eigenvalue weighted by atomic mass is 9.94. The number of hydrogen-bond donors (Lipinski definition) is 1. The lowest BCUT2D eigenvalue weighted by molar-refractivity contribution is 0.422. The molecule has 0 atom stereocenters. The van der Waals surface area contributed by atoms with Crippen LogP contribution in [0.15, 0.2) is 6.20 Å². The highest BCUT2D eigenvalue weighted by Crippen LogP contribution is 2.26. The van der Waals surface area contributed by atoms with Crippen LogP contribution in [0.2, 0.25) is 0 Å². The average molecular weight is 224 g/mol. The van der Waals surface area contributed by atoms with Gasteiger partial charge in [-0.15, -0.1) is 0 Å². The summed E-state index contributed by atoms with van der Waals surface area (Å²) in [4.78, 5) is 9.49. The normalized spacial score (nSPS) is 17.4. The lowest BCUT2D eigenvalue weighted by Crippen LogP contribution is -2.34. The predicted molar refractivity (Wildman–Crippen MR) is 61.7 cm³/mol. The Bertz CT molecular complexity index is 363. The van der Waals surface area contributed by atoms with E-state index in [0.29, 0.717) is 11.9 Å². The topological polar surface area (TPSA) is 55.0 Å². The molecule has 1 saturated carbocycles. The summed E-state index contributed by atoms with van der Waals surface area (Å²) in [6.07, 6.45) is 7.02. The SMILES string of the molecule is CN(c1nc(N)ncc1F)C1CCCCC1. The average Bonchev–Trinajstić information content (AvgIpc) is 2.32. The molecule has 2 N–H and O–H groups in total. The monoisotopic (exact) mass is 224 g/mol. The van der Waals surface area contributed by atoms with E-state index in [0.717, 1.165) is 19.0 Å². The van der Waals surface area contributed by atoms with E-state index < -0.39 is 5.82 Å². The highest BCUT2D eigenvalue weighted by molar-refractivity contribution is 5.42. The van der Waals surface area contributed by atoms with E-state index in [1.54, 1.807) is 0 Å². The van der Waals surface area contributed by atoms with E-state index >= 15 is 0 Å². The number of nitrogens with zero attached hydrogens (tertiary/aromatic N) is 3. The third-order valence-corrected chi connectivity index (χ3v) is 3.20. The first kappa shape index (κ1) is 11.1. The van der Waals surface area contributed by atoms with E-state index in [-0.39, 0.29) is 5.95 Å². The van der Waals surface area contributed by atoms with Crippen molar-refractivity contribution < 1.29 is 4.39 Å². The molecule has 0 aromatic carbocycles. The van der Waals surface area contributed by atoms with Gasteiger partial charge in [0.25, 0.3) is 0 Å². The molecular formula is C11H17FN4. The molecule has 88 valence electrons. The Morgan fingerprint density at radius 1 is 1.38 bits per heavy atom. The number of hydrogen-bond acceptors (Lipinski definition) is 4. The van der Waals surface area contributed by atoms with Crippen LogP contribution in [0.4, 0.5) is 16.2 Å². The van der Waals surface area contributed by atoms with Crippen molar-refractivity contribution in [2.45, 2.75) is 38.1 Å². The first-order valence-electron chi connectivity index (χ1n) is 5.69. The lowest BCUT2D eigenvalue weighted by Gasteiger charge is -2.32. The maximum Gasteiger partial charge on any atom is 0.222 e. The van der Waals surface area contributed by atoms with Crippen molar-refractivity contribution in [1.29, 1.82) is 0 Å². The minimum absolute atomic E-state index is 0.124. The minimum atomic E-state index is -0.401. The summed E-state index contributed by atoms with van der Waals surface area (Å²) in [6.45, 7) is 0. The third-order valence-electron chi connectivity index (χ3n) is 3.20. The molecule has 0 unspecified atom stereocenters. The van der Waals surface area contributed by atoms with Crippen molar-refractivity contribution >= 4 is 11.8 Å². The van der Waals surface area contributed by atoms with Crippen LogP contribution in [0.1, 0.15) is 32.1 Å². The molecule has 0 radical (unpaired) electrons. The smallest absolute Gasteiger partial charge is 0.222 e. The number of nitrogens with two attached hydrogens (primary N) is 1. The molecule has 16 heavy (non-hydrogen) atoms. The summed E-state index contributed by atoms with van der Waals surface area (Å²) in [5, 5.41) is 0. The Morgan fingerprint density at radius 3 is 2.75 bits per heavy atom. The maximum absolute atomic E-state index is 13.6. The fourth-order valence-electron chi connectivity index (χ4n) is 2.26. The molecule has 1 aromatic heterocycles. The van der Waals surface area contributed by atoms with Gasteiger partial charge in [-0.2, -0.15) is 4.98 Å². The summed E-state index contributed by atoms with van der Waals surface area (Å²) in [5.74, 6) is 0.0423.